The molecule has 0 saturated carbocycles. The Bertz CT molecular complexity index is 451. The van der Waals surface area contributed by atoms with Crippen LogP contribution in [0.25, 0.3) is 0 Å². The summed E-state index contributed by atoms with van der Waals surface area (Å²) >= 11 is 1.60. The van der Waals surface area contributed by atoms with Gasteiger partial charge in [0, 0.05) is 10.4 Å². The SMILES string of the molecule is Cc1cccc([C@H](N)c2cccs2)c1O. The molecule has 0 spiro atoms. The third kappa shape index (κ3) is 1.89. The topological polar surface area (TPSA) is 46.2 Å². The molecular weight excluding hydrogens is 206 g/mol. The summed E-state index contributed by atoms with van der Waals surface area (Å²) in [5.74, 6) is 0.304. The van der Waals surface area contributed by atoms with Crippen molar-refractivity contribution in [2.24, 2.45) is 5.73 Å². The van der Waals surface area contributed by atoms with Crippen molar-refractivity contribution in [2.75, 3.05) is 0 Å². The minimum absolute atomic E-state index is 0.232. The zero-order valence-electron chi connectivity index (χ0n) is 8.47. The maximum atomic E-state index is 9.89. The lowest BCUT2D eigenvalue weighted by Gasteiger charge is -2.13. The molecule has 0 unspecified atom stereocenters. The Balaban J connectivity index is 2.42. The van der Waals surface area contributed by atoms with Crippen molar-refractivity contribution in [1.29, 1.82) is 0 Å². The Morgan fingerprint density at radius 3 is 2.73 bits per heavy atom. The summed E-state index contributed by atoms with van der Waals surface area (Å²) in [4.78, 5) is 1.07. The molecule has 3 heteroatoms. The fourth-order valence-corrected chi connectivity index (χ4v) is 2.30. The van der Waals surface area contributed by atoms with Gasteiger partial charge < -0.3 is 10.8 Å². The van der Waals surface area contributed by atoms with Crippen molar-refractivity contribution in [2.45, 2.75) is 13.0 Å². The number of phenolic OH excluding ortho intramolecular Hbond substituents is 1. The normalized spacial score (nSPS) is 12.7. The molecule has 0 aliphatic rings. The maximum Gasteiger partial charge on any atom is 0.123 e. The lowest BCUT2D eigenvalue weighted by Crippen LogP contribution is -2.10. The molecule has 2 rings (SSSR count). The van der Waals surface area contributed by atoms with E-state index in [0.717, 1.165) is 16.0 Å². The largest absolute Gasteiger partial charge is 0.507 e. The van der Waals surface area contributed by atoms with Gasteiger partial charge in [0.15, 0.2) is 0 Å². The van der Waals surface area contributed by atoms with Gasteiger partial charge in [0.05, 0.1) is 6.04 Å². The minimum Gasteiger partial charge on any atom is -0.507 e. The van der Waals surface area contributed by atoms with Crippen LogP contribution in [0.15, 0.2) is 35.7 Å². The number of thiophene rings is 1. The molecule has 2 aromatic rings. The van der Waals surface area contributed by atoms with Gasteiger partial charge >= 0.3 is 0 Å². The molecule has 0 aliphatic carbocycles. The van der Waals surface area contributed by atoms with Crippen molar-refractivity contribution in [3.63, 3.8) is 0 Å². The highest BCUT2D eigenvalue weighted by molar-refractivity contribution is 7.10. The molecule has 15 heavy (non-hydrogen) atoms. The van der Waals surface area contributed by atoms with Gasteiger partial charge in [-0.2, -0.15) is 0 Å². The first-order chi connectivity index (χ1) is 7.20. The number of aromatic hydroxyl groups is 1. The first-order valence-corrected chi connectivity index (χ1v) is 5.65. The van der Waals surface area contributed by atoms with Crippen LogP contribution in [0.1, 0.15) is 22.0 Å². The highest BCUT2D eigenvalue weighted by Gasteiger charge is 2.14. The second-order valence-corrected chi connectivity index (χ2v) is 4.49. The number of para-hydroxylation sites is 1. The van der Waals surface area contributed by atoms with Crippen LogP contribution in [-0.4, -0.2) is 5.11 Å². The summed E-state index contributed by atoms with van der Waals surface area (Å²) in [6.45, 7) is 1.87. The van der Waals surface area contributed by atoms with Crippen LogP contribution in [0.3, 0.4) is 0 Å². The van der Waals surface area contributed by atoms with Crippen LogP contribution in [0.2, 0.25) is 0 Å². The summed E-state index contributed by atoms with van der Waals surface area (Å²) in [6, 6.07) is 9.37. The standard InChI is InChI=1S/C12H13NOS/c1-8-4-2-5-9(12(8)14)11(13)10-6-3-7-15-10/h2-7,11,14H,13H2,1H3/t11-/m0/s1. The summed E-state index contributed by atoms with van der Waals surface area (Å²) in [7, 11) is 0. The third-order valence-corrected chi connectivity index (χ3v) is 3.41. The zero-order chi connectivity index (χ0) is 10.8. The molecule has 0 radical (unpaired) electrons. The van der Waals surface area contributed by atoms with Gasteiger partial charge in [0.2, 0.25) is 0 Å². The Morgan fingerprint density at radius 2 is 2.07 bits per heavy atom. The Hall–Kier alpha value is -1.32. The number of nitrogens with two attached hydrogens (primary N) is 1. The van der Waals surface area contributed by atoms with Crippen LogP contribution in [0.4, 0.5) is 0 Å². The van der Waals surface area contributed by atoms with E-state index in [2.05, 4.69) is 0 Å². The van der Waals surface area contributed by atoms with Crippen LogP contribution in [-0.2, 0) is 0 Å². The molecule has 2 nitrogen and oxygen atoms in total. The monoisotopic (exact) mass is 219 g/mol. The van der Waals surface area contributed by atoms with Gasteiger partial charge in [0.25, 0.3) is 0 Å². The molecule has 0 saturated heterocycles. The predicted molar refractivity (Wildman–Crippen MR) is 63.2 cm³/mol. The van der Waals surface area contributed by atoms with Gasteiger partial charge in [-0.1, -0.05) is 24.3 Å². The van der Waals surface area contributed by atoms with Crippen molar-refractivity contribution in [3.05, 3.63) is 51.7 Å². The lowest BCUT2D eigenvalue weighted by molar-refractivity contribution is 0.461. The Labute approximate surface area is 93.0 Å². The average Bonchev–Trinajstić information content (AvgIpc) is 2.74. The number of hydrogen-bond donors (Lipinski definition) is 2. The molecule has 0 amide bonds. The maximum absolute atomic E-state index is 9.89. The summed E-state index contributed by atoms with van der Waals surface area (Å²) < 4.78 is 0. The molecule has 1 aromatic carbocycles. The van der Waals surface area contributed by atoms with Crippen molar-refractivity contribution in [1.82, 2.24) is 0 Å². The van der Waals surface area contributed by atoms with E-state index in [1.54, 1.807) is 11.3 Å². The molecule has 3 N–H and O–H groups in total. The van der Waals surface area contributed by atoms with Crippen molar-refractivity contribution >= 4 is 11.3 Å². The predicted octanol–water partition coefficient (Wildman–Crippen LogP) is 2.81. The fourth-order valence-electron chi connectivity index (χ4n) is 1.55. The van der Waals surface area contributed by atoms with Crippen molar-refractivity contribution < 1.29 is 5.11 Å². The highest BCUT2D eigenvalue weighted by Crippen LogP contribution is 2.31. The first kappa shape index (κ1) is 10.2. The van der Waals surface area contributed by atoms with Gasteiger partial charge in [-0.25, -0.2) is 0 Å². The molecular formula is C12H13NOS. The third-order valence-electron chi connectivity index (χ3n) is 2.45. The van der Waals surface area contributed by atoms with Gasteiger partial charge in [0.1, 0.15) is 5.75 Å². The van der Waals surface area contributed by atoms with Crippen LogP contribution < -0.4 is 5.73 Å². The fraction of sp³-hybridized carbons (Fsp3) is 0.167. The van der Waals surface area contributed by atoms with Crippen LogP contribution >= 0.6 is 11.3 Å². The Morgan fingerprint density at radius 1 is 1.27 bits per heavy atom. The summed E-state index contributed by atoms with van der Waals surface area (Å²) in [5, 5.41) is 11.9. The van der Waals surface area contributed by atoms with E-state index < -0.39 is 0 Å². The second-order valence-electron chi connectivity index (χ2n) is 3.51. The van der Waals surface area contributed by atoms with E-state index in [1.807, 2.05) is 42.6 Å². The molecule has 0 fully saturated rings. The average molecular weight is 219 g/mol. The number of benzene rings is 1. The van der Waals surface area contributed by atoms with Gasteiger partial charge in [-0.05, 0) is 23.9 Å². The first-order valence-electron chi connectivity index (χ1n) is 4.77. The van der Waals surface area contributed by atoms with Crippen LogP contribution in [0, 0.1) is 6.92 Å². The molecule has 0 bridgehead atoms. The van der Waals surface area contributed by atoms with E-state index in [-0.39, 0.29) is 6.04 Å². The zero-order valence-corrected chi connectivity index (χ0v) is 9.29. The minimum atomic E-state index is -0.232. The van der Waals surface area contributed by atoms with Gasteiger partial charge in [-0.15, -0.1) is 11.3 Å². The number of aryl methyl sites for hydroxylation is 1. The highest BCUT2D eigenvalue weighted by atomic mass is 32.1. The molecule has 78 valence electrons. The molecule has 1 aromatic heterocycles. The van der Waals surface area contributed by atoms with E-state index in [0.29, 0.717) is 5.75 Å². The Kier molecular flexibility index (Phi) is 2.75. The van der Waals surface area contributed by atoms with E-state index in [4.69, 9.17) is 5.73 Å². The molecule has 1 atom stereocenters. The quantitative estimate of drug-likeness (QED) is 0.815. The number of hydrogen-bond acceptors (Lipinski definition) is 3. The van der Waals surface area contributed by atoms with E-state index >= 15 is 0 Å². The second kappa shape index (κ2) is 4.04. The van der Waals surface area contributed by atoms with Gasteiger partial charge in [-0.3, -0.25) is 0 Å². The van der Waals surface area contributed by atoms with E-state index in [9.17, 15) is 5.11 Å². The number of phenols is 1. The summed E-state index contributed by atoms with van der Waals surface area (Å²) in [5.41, 5.74) is 7.73. The summed E-state index contributed by atoms with van der Waals surface area (Å²) in [6.07, 6.45) is 0. The smallest absolute Gasteiger partial charge is 0.123 e. The van der Waals surface area contributed by atoms with E-state index in [1.165, 1.54) is 0 Å². The molecule has 1 heterocycles. The number of rotatable bonds is 2. The lowest BCUT2D eigenvalue weighted by atomic mass is 10.0. The van der Waals surface area contributed by atoms with Crippen molar-refractivity contribution in [3.8, 4) is 5.75 Å². The molecule has 0 aliphatic heterocycles. The van der Waals surface area contributed by atoms with Crippen LogP contribution in [0.5, 0.6) is 5.75 Å².